The molecule has 0 atom stereocenters. The van der Waals surface area contributed by atoms with Crippen LogP contribution in [-0.2, 0) is 6.42 Å². The van der Waals surface area contributed by atoms with Gasteiger partial charge >= 0.3 is 0 Å². The molecule has 68 valence electrons. The summed E-state index contributed by atoms with van der Waals surface area (Å²) in [5, 5.41) is 1.88. The van der Waals surface area contributed by atoms with E-state index in [1.807, 2.05) is 18.2 Å². The van der Waals surface area contributed by atoms with Crippen molar-refractivity contribution in [2.24, 2.45) is 0 Å². The highest BCUT2D eigenvalue weighted by Crippen LogP contribution is 2.33. The minimum Gasteiger partial charge on any atom is -0.357 e. The van der Waals surface area contributed by atoms with Crippen LogP contribution in [0.2, 0.25) is 5.02 Å². The Morgan fingerprint density at radius 2 is 2.23 bits per heavy atom. The summed E-state index contributed by atoms with van der Waals surface area (Å²) in [5.74, 6) is 0. The van der Waals surface area contributed by atoms with Gasteiger partial charge < -0.3 is 4.98 Å². The van der Waals surface area contributed by atoms with Crippen molar-refractivity contribution in [1.82, 2.24) is 4.98 Å². The number of fused-ring (bicyclic) bond motifs is 1. The van der Waals surface area contributed by atoms with E-state index in [-0.39, 0.29) is 0 Å². The molecule has 0 aliphatic carbocycles. The minimum atomic E-state index is 0.792. The summed E-state index contributed by atoms with van der Waals surface area (Å²) in [5.41, 5.74) is 2.29. The monoisotopic (exact) mass is 257 g/mol. The number of benzene rings is 1. The number of halogens is 2. The average Bonchev–Trinajstić information content (AvgIpc) is 2.44. The van der Waals surface area contributed by atoms with Crippen molar-refractivity contribution in [2.45, 2.75) is 13.3 Å². The standard InChI is InChI=1S/C10H9BrClN/c1-2-7-10(11)9-6(12)4-3-5-8(9)13-7/h3-5,13H,2H2,1H3. The van der Waals surface area contributed by atoms with Crippen LogP contribution in [0.4, 0.5) is 0 Å². The van der Waals surface area contributed by atoms with Gasteiger partial charge in [0.05, 0.1) is 5.02 Å². The van der Waals surface area contributed by atoms with Crippen LogP contribution in [0.3, 0.4) is 0 Å². The Hall–Kier alpha value is -0.470. The second-order valence-electron chi connectivity index (χ2n) is 2.93. The molecule has 0 unspecified atom stereocenters. The number of H-pyrrole nitrogens is 1. The highest BCUT2D eigenvalue weighted by atomic mass is 79.9. The van der Waals surface area contributed by atoms with E-state index in [0.29, 0.717) is 0 Å². The summed E-state index contributed by atoms with van der Waals surface area (Å²) >= 11 is 9.63. The molecular formula is C10H9BrClN. The predicted molar refractivity (Wildman–Crippen MR) is 60.4 cm³/mol. The molecule has 3 heteroatoms. The van der Waals surface area contributed by atoms with Crippen molar-refractivity contribution in [2.75, 3.05) is 0 Å². The van der Waals surface area contributed by atoms with Gasteiger partial charge in [0.15, 0.2) is 0 Å². The topological polar surface area (TPSA) is 15.8 Å². The molecule has 0 bridgehead atoms. The zero-order chi connectivity index (χ0) is 9.42. The maximum atomic E-state index is 6.08. The first-order valence-electron chi connectivity index (χ1n) is 4.18. The third kappa shape index (κ3) is 1.38. The third-order valence-corrected chi connectivity index (χ3v) is 3.33. The molecule has 0 spiro atoms. The Morgan fingerprint density at radius 3 is 2.85 bits per heavy atom. The Kier molecular flexibility index (Phi) is 2.35. The Bertz CT molecular complexity index is 447. The van der Waals surface area contributed by atoms with Gasteiger partial charge in [-0.2, -0.15) is 0 Å². The molecule has 2 aromatic rings. The van der Waals surface area contributed by atoms with Crippen molar-refractivity contribution in [3.63, 3.8) is 0 Å². The summed E-state index contributed by atoms with van der Waals surface area (Å²) < 4.78 is 1.09. The zero-order valence-electron chi connectivity index (χ0n) is 7.20. The van der Waals surface area contributed by atoms with Gasteiger partial charge in [-0.1, -0.05) is 24.6 Å². The van der Waals surface area contributed by atoms with Crippen molar-refractivity contribution in [3.8, 4) is 0 Å². The number of aromatic nitrogens is 1. The number of aromatic amines is 1. The lowest BCUT2D eigenvalue weighted by Gasteiger charge is -1.93. The van der Waals surface area contributed by atoms with E-state index < -0.39 is 0 Å². The van der Waals surface area contributed by atoms with Crippen molar-refractivity contribution >= 4 is 38.4 Å². The van der Waals surface area contributed by atoms with Crippen LogP contribution >= 0.6 is 27.5 Å². The second-order valence-corrected chi connectivity index (χ2v) is 4.13. The lowest BCUT2D eigenvalue weighted by atomic mass is 10.2. The van der Waals surface area contributed by atoms with E-state index in [4.69, 9.17) is 11.6 Å². The van der Waals surface area contributed by atoms with E-state index >= 15 is 0 Å². The maximum Gasteiger partial charge on any atom is 0.0511 e. The van der Waals surface area contributed by atoms with E-state index in [1.165, 1.54) is 5.69 Å². The summed E-state index contributed by atoms with van der Waals surface area (Å²) in [6.45, 7) is 2.11. The molecule has 1 nitrogen and oxygen atoms in total. The van der Waals surface area contributed by atoms with E-state index in [2.05, 4.69) is 27.8 Å². The molecule has 1 N–H and O–H groups in total. The van der Waals surface area contributed by atoms with Gasteiger partial charge in [0.1, 0.15) is 0 Å². The van der Waals surface area contributed by atoms with Crippen LogP contribution in [-0.4, -0.2) is 4.98 Å². The number of hydrogen-bond donors (Lipinski definition) is 1. The van der Waals surface area contributed by atoms with E-state index in [9.17, 15) is 0 Å². The molecule has 0 saturated heterocycles. The minimum absolute atomic E-state index is 0.792. The molecule has 1 aromatic carbocycles. The normalized spacial score (nSPS) is 11.0. The first-order chi connectivity index (χ1) is 6.24. The van der Waals surface area contributed by atoms with E-state index in [1.54, 1.807) is 0 Å². The third-order valence-electron chi connectivity index (χ3n) is 2.14. The van der Waals surface area contributed by atoms with Crippen LogP contribution in [0, 0.1) is 0 Å². The highest BCUT2D eigenvalue weighted by molar-refractivity contribution is 9.10. The molecule has 1 heterocycles. The van der Waals surface area contributed by atoms with Crippen LogP contribution < -0.4 is 0 Å². The Labute approximate surface area is 90.2 Å². The first kappa shape index (κ1) is 9.10. The predicted octanol–water partition coefficient (Wildman–Crippen LogP) is 4.15. The molecule has 1 aromatic heterocycles. The first-order valence-corrected chi connectivity index (χ1v) is 5.35. The molecule has 0 aliphatic rings. The molecule has 0 fully saturated rings. The van der Waals surface area contributed by atoms with Crippen LogP contribution in [0.15, 0.2) is 22.7 Å². The smallest absolute Gasteiger partial charge is 0.0511 e. The second kappa shape index (κ2) is 3.35. The quantitative estimate of drug-likeness (QED) is 0.791. The fourth-order valence-corrected chi connectivity index (χ4v) is 2.65. The lowest BCUT2D eigenvalue weighted by Crippen LogP contribution is -1.77. The number of aryl methyl sites for hydroxylation is 1. The number of nitrogens with one attached hydrogen (secondary N) is 1. The van der Waals surface area contributed by atoms with Crippen LogP contribution in [0.1, 0.15) is 12.6 Å². The summed E-state index contributed by atoms with van der Waals surface area (Å²) in [6, 6.07) is 5.89. The number of rotatable bonds is 1. The summed E-state index contributed by atoms with van der Waals surface area (Å²) in [4.78, 5) is 3.32. The van der Waals surface area contributed by atoms with Gasteiger partial charge in [-0.05, 0) is 34.5 Å². The molecule has 0 amide bonds. The molecule has 0 saturated carbocycles. The average molecular weight is 259 g/mol. The Morgan fingerprint density at radius 1 is 1.46 bits per heavy atom. The Balaban J connectivity index is 2.85. The van der Waals surface area contributed by atoms with E-state index in [0.717, 1.165) is 26.8 Å². The van der Waals surface area contributed by atoms with Gasteiger partial charge in [0.2, 0.25) is 0 Å². The van der Waals surface area contributed by atoms with Crippen molar-refractivity contribution in [1.29, 1.82) is 0 Å². The largest absolute Gasteiger partial charge is 0.357 e. The van der Waals surface area contributed by atoms with Crippen LogP contribution in [0.5, 0.6) is 0 Å². The highest BCUT2D eigenvalue weighted by Gasteiger charge is 2.09. The fourth-order valence-electron chi connectivity index (χ4n) is 1.46. The molecule has 2 rings (SSSR count). The zero-order valence-corrected chi connectivity index (χ0v) is 9.54. The molecule has 0 aliphatic heterocycles. The van der Waals surface area contributed by atoms with Gasteiger partial charge in [-0.3, -0.25) is 0 Å². The van der Waals surface area contributed by atoms with Crippen molar-refractivity contribution < 1.29 is 0 Å². The summed E-state index contributed by atoms with van der Waals surface area (Å²) in [7, 11) is 0. The molecular weight excluding hydrogens is 249 g/mol. The SMILES string of the molecule is CCc1[nH]c2cccc(Cl)c2c1Br. The molecule has 13 heavy (non-hydrogen) atoms. The number of hydrogen-bond acceptors (Lipinski definition) is 0. The van der Waals surface area contributed by atoms with Crippen LogP contribution in [0.25, 0.3) is 10.9 Å². The summed E-state index contributed by atoms with van der Waals surface area (Å²) in [6.07, 6.45) is 0.978. The van der Waals surface area contributed by atoms with Gasteiger partial charge in [0.25, 0.3) is 0 Å². The lowest BCUT2D eigenvalue weighted by molar-refractivity contribution is 1.06. The van der Waals surface area contributed by atoms with Crippen molar-refractivity contribution in [3.05, 3.63) is 33.4 Å². The van der Waals surface area contributed by atoms with Gasteiger partial charge in [0, 0.05) is 21.1 Å². The molecule has 0 radical (unpaired) electrons. The van der Waals surface area contributed by atoms with Gasteiger partial charge in [-0.15, -0.1) is 0 Å². The van der Waals surface area contributed by atoms with Gasteiger partial charge in [-0.25, -0.2) is 0 Å². The maximum absolute atomic E-state index is 6.08. The fraction of sp³-hybridized carbons (Fsp3) is 0.200.